The van der Waals surface area contributed by atoms with Crippen LogP contribution < -0.4 is 10.6 Å². The molecular weight excluding hydrogens is 402 g/mol. The van der Waals surface area contributed by atoms with Crippen LogP contribution in [0.4, 0.5) is 11.4 Å². The number of nitrogens with one attached hydrogen (secondary N) is 2. The molecule has 1 aromatic heterocycles. The van der Waals surface area contributed by atoms with Crippen LogP contribution in [0.25, 0.3) is 0 Å². The Morgan fingerprint density at radius 2 is 2.03 bits per heavy atom. The van der Waals surface area contributed by atoms with Gasteiger partial charge in [0.05, 0.1) is 11.0 Å². The Morgan fingerprint density at radius 3 is 2.67 bits per heavy atom. The lowest BCUT2D eigenvalue weighted by Gasteiger charge is -2.37. The van der Waals surface area contributed by atoms with Gasteiger partial charge in [-0.3, -0.25) is 19.8 Å². The third kappa shape index (κ3) is 4.97. The quantitative estimate of drug-likeness (QED) is 0.495. The standard InChI is InChI=1S/C21H27N5O3S/c1-24-8-10-25(11-9-24)19(20-3-2-12-30-20)14-22-17-7-4-15(13-18(17)26(28)29)21(27)23-16-5-6-16/h2-4,7,12-13,16,19,22H,5-6,8-11,14H2,1H3,(H,23,27)/t19-/m1/s1. The topological polar surface area (TPSA) is 90.8 Å². The van der Waals surface area contributed by atoms with E-state index in [0.29, 0.717) is 17.8 Å². The molecule has 2 heterocycles. The van der Waals surface area contributed by atoms with E-state index >= 15 is 0 Å². The Balaban J connectivity index is 1.49. The largest absolute Gasteiger partial charge is 0.378 e. The van der Waals surface area contributed by atoms with Crippen LogP contribution in [-0.4, -0.2) is 66.4 Å². The maximum atomic E-state index is 12.3. The van der Waals surface area contributed by atoms with Crippen molar-refractivity contribution in [3.63, 3.8) is 0 Å². The van der Waals surface area contributed by atoms with Crippen molar-refractivity contribution in [3.8, 4) is 0 Å². The van der Waals surface area contributed by atoms with Crippen molar-refractivity contribution in [1.82, 2.24) is 15.1 Å². The normalized spacial score (nSPS) is 18.7. The lowest BCUT2D eigenvalue weighted by molar-refractivity contribution is -0.384. The molecule has 9 heteroatoms. The first-order valence-corrected chi connectivity index (χ1v) is 11.2. The third-order valence-corrected chi connectivity index (χ3v) is 6.68. The molecular formula is C21H27N5O3S. The molecule has 1 saturated heterocycles. The summed E-state index contributed by atoms with van der Waals surface area (Å²) in [6, 6.07) is 9.20. The number of carbonyl (C=O) groups is 1. The van der Waals surface area contributed by atoms with Crippen LogP contribution in [0.15, 0.2) is 35.7 Å². The van der Waals surface area contributed by atoms with Gasteiger partial charge in [-0.15, -0.1) is 11.3 Å². The van der Waals surface area contributed by atoms with Crippen LogP contribution in [0, 0.1) is 10.1 Å². The molecule has 2 aliphatic rings. The fourth-order valence-electron chi connectivity index (χ4n) is 3.70. The number of nitro benzene ring substituents is 1. The molecule has 1 aromatic carbocycles. The Bertz CT molecular complexity index is 892. The number of benzene rings is 1. The van der Waals surface area contributed by atoms with E-state index in [2.05, 4.69) is 38.9 Å². The molecule has 160 valence electrons. The molecule has 8 nitrogen and oxygen atoms in total. The summed E-state index contributed by atoms with van der Waals surface area (Å²) in [5, 5.41) is 19.9. The second-order valence-corrected chi connectivity index (χ2v) is 8.97. The molecule has 1 aliphatic heterocycles. The number of nitrogens with zero attached hydrogens (tertiary/aromatic N) is 3. The summed E-state index contributed by atoms with van der Waals surface area (Å²) >= 11 is 1.71. The summed E-state index contributed by atoms with van der Waals surface area (Å²) in [6.45, 7) is 4.50. The van der Waals surface area contributed by atoms with Crippen molar-refractivity contribution < 1.29 is 9.72 Å². The predicted molar refractivity (Wildman–Crippen MR) is 118 cm³/mol. The minimum atomic E-state index is -0.424. The Kier molecular flexibility index (Phi) is 6.31. The van der Waals surface area contributed by atoms with Crippen LogP contribution in [0.1, 0.15) is 34.1 Å². The molecule has 0 unspecified atom stereocenters. The van der Waals surface area contributed by atoms with Gasteiger partial charge in [0.25, 0.3) is 11.6 Å². The van der Waals surface area contributed by atoms with Crippen molar-refractivity contribution in [2.75, 3.05) is 45.1 Å². The minimum Gasteiger partial charge on any atom is -0.378 e. The highest BCUT2D eigenvalue weighted by Gasteiger charge is 2.27. The van der Waals surface area contributed by atoms with E-state index in [0.717, 1.165) is 39.0 Å². The Hall–Kier alpha value is -2.49. The van der Waals surface area contributed by atoms with Gasteiger partial charge in [0.15, 0.2) is 0 Å². The van der Waals surface area contributed by atoms with Crippen LogP contribution in [0.2, 0.25) is 0 Å². The molecule has 2 N–H and O–H groups in total. The number of anilines is 1. The van der Waals surface area contributed by atoms with E-state index in [9.17, 15) is 14.9 Å². The number of carbonyl (C=O) groups excluding carboxylic acids is 1. The number of nitro groups is 1. The maximum Gasteiger partial charge on any atom is 0.293 e. The Labute approximate surface area is 180 Å². The van der Waals surface area contributed by atoms with Gasteiger partial charge >= 0.3 is 0 Å². The molecule has 0 spiro atoms. The van der Waals surface area contributed by atoms with E-state index in [-0.39, 0.29) is 23.7 Å². The van der Waals surface area contributed by atoms with E-state index < -0.39 is 4.92 Å². The number of amides is 1. The van der Waals surface area contributed by atoms with Gasteiger partial charge in [0.2, 0.25) is 0 Å². The second kappa shape index (κ2) is 9.11. The van der Waals surface area contributed by atoms with Crippen LogP contribution in [0.3, 0.4) is 0 Å². The zero-order valence-corrected chi connectivity index (χ0v) is 17.9. The molecule has 1 amide bonds. The zero-order valence-electron chi connectivity index (χ0n) is 17.0. The molecule has 1 saturated carbocycles. The summed E-state index contributed by atoms with van der Waals surface area (Å²) in [4.78, 5) is 29.5. The van der Waals surface area contributed by atoms with Crippen molar-refractivity contribution in [1.29, 1.82) is 0 Å². The summed E-state index contributed by atoms with van der Waals surface area (Å²) in [7, 11) is 2.13. The lowest BCUT2D eigenvalue weighted by atomic mass is 10.1. The summed E-state index contributed by atoms with van der Waals surface area (Å²) in [6.07, 6.45) is 1.95. The average Bonchev–Trinajstić information content (AvgIpc) is 3.39. The molecule has 1 atom stereocenters. The summed E-state index contributed by atoms with van der Waals surface area (Å²) < 4.78 is 0. The van der Waals surface area contributed by atoms with Crippen molar-refractivity contribution in [2.24, 2.45) is 0 Å². The van der Waals surface area contributed by atoms with Gasteiger partial charge in [0.1, 0.15) is 5.69 Å². The van der Waals surface area contributed by atoms with Gasteiger partial charge in [-0.2, -0.15) is 0 Å². The molecule has 30 heavy (non-hydrogen) atoms. The monoisotopic (exact) mass is 429 g/mol. The van der Waals surface area contributed by atoms with E-state index in [4.69, 9.17) is 0 Å². The van der Waals surface area contributed by atoms with Crippen molar-refractivity contribution in [3.05, 3.63) is 56.3 Å². The molecule has 1 aliphatic carbocycles. The minimum absolute atomic E-state index is 0.0678. The molecule has 2 fully saturated rings. The molecule has 2 aromatic rings. The average molecular weight is 430 g/mol. The predicted octanol–water partition coefficient (Wildman–Crippen LogP) is 2.95. The smallest absolute Gasteiger partial charge is 0.293 e. The fourth-order valence-corrected chi connectivity index (χ4v) is 4.56. The van der Waals surface area contributed by atoms with E-state index in [1.54, 1.807) is 23.5 Å². The third-order valence-electron chi connectivity index (χ3n) is 5.71. The SMILES string of the molecule is CN1CCN([C@H](CNc2ccc(C(=O)NC3CC3)cc2[N+](=O)[O-])c2cccs2)CC1. The highest BCUT2D eigenvalue weighted by Crippen LogP contribution is 2.30. The van der Waals surface area contributed by atoms with Gasteiger partial charge in [-0.25, -0.2) is 0 Å². The number of hydrogen-bond acceptors (Lipinski definition) is 7. The van der Waals surface area contributed by atoms with Crippen LogP contribution in [-0.2, 0) is 0 Å². The number of rotatable bonds is 8. The van der Waals surface area contributed by atoms with Gasteiger partial charge in [0, 0.05) is 55.3 Å². The molecule has 0 bridgehead atoms. The van der Waals surface area contributed by atoms with Crippen molar-refractivity contribution in [2.45, 2.75) is 24.9 Å². The molecule has 4 rings (SSSR count). The fraction of sp³-hybridized carbons (Fsp3) is 0.476. The second-order valence-electron chi connectivity index (χ2n) is 7.99. The molecule has 0 radical (unpaired) electrons. The number of hydrogen-bond donors (Lipinski definition) is 2. The van der Waals surface area contributed by atoms with Crippen molar-refractivity contribution >= 4 is 28.6 Å². The highest BCUT2D eigenvalue weighted by atomic mass is 32.1. The van der Waals surface area contributed by atoms with Gasteiger partial charge in [-0.05, 0) is 43.5 Å². The van der Waals surface area contributed by atoms with Crippen LogP contribution >= 0.6 is 11.3 Å². The first-order chi connectivity index (χ1) is 14.5. The number of piperazine rings is 1. The summed E-state index contributed by atoms with van der Waals surface area (Å²) in [5.74, 6) is -0.249. The first kappa shape index (κ1) is 20.8. The first-order valence-electron chi connectivity index (χ1n) is 10.3. The lowest BCUT2D eigenvalue weighted by Crippen LogP contribution is -2.47. The van der Waals surface area contributed by atoms with E-state index in [1.165, 1.54) is 10.9 Å². The van der Waals surface area contributed by atoms with Gasteiger partial charge < -0.3 is 15.5 Å². The number of likely N-dealkylation sites (N-methyl/N-ethyl adjacent to an activating group) is 1. The van der Waals surface area contributed by atoms with E-state index in [1.807, 2.05) is 6.07 Å². The maximum absolute atomic E-state index is 12.3. The number of thiophene rings is 1. The van der Waals surface area contributed by atoms with Crippen LogP contribution in [0.5, 0.6) is 0 Å². The van der Waals surface area contributed by atoms with Gasteiger partial charge in [-0.1, -0.05) is 6.07 Å². The summed E-state index contributed by atoms with van der Waals surface area (Å²) in [5.41, 5.74) is 0.702. The highest BCUT2D eigenvalue weighted by molar-refractivity contribution is 7.10. The zero-order chi connectivity index (χ0) is 21.1. The Morgan fingerprint density at radius 1 is 1.27 bits per heavy atom.